The summed E-state index contributed by atoms with van der Waals surface area (Å²) in [5.41, 5.74) is 7.57. The van der Waals surface area contributed by atoms with Gasteiger partial charge in [0.25, 0.3) is 0 Å². The Morgan fingerprint density at radius 3 is 2.48 bits per heavy atom. The van der Waals surface area contributed by atoms with E-state index in [0.717, 1.165) is 22.4 Å². The second-order valence-corrected chi connectivity index (χ2v) is 6.22. The zero-order valence-electron chi connectivity index (χ0n) is 13.1. The summed E-state index contributed by atoms with van der Waals surface area (Å²) in [6, 6.07) is 9.88. The topological polar surface area (TPSA) is 35.2 Å². The van der Waals surface area contributed by atoms with Crippen molar-refractivity contribution in [2.75, 3.05) is 0 Å². The van der Waals surface area contributed by atoms with Crippen LogP contribution in [-0.2, 0) is 6.42 Å². The molecule has 0 aliphatic carbocycles. The van der Waals surface area contributed by atoms with Crippen molar-refractivity contribution in [2.24, 2.45) is 5.73 Å². The number of fused-ring (bicyclic) bond motifs is 3. The third-order valence-corrected chi connectivity index (χ3v) is 4.54. The number of nitrogens with two attached hydrogens (primary N) is 1. The van der Waals surface area contributed by atoms with Crippen LogP contribution in [0.4, 0.5) is 13.2 Å². The van der Waals surface area contributed by atoms with Crippen LogP contribution in [-0.4, -0.2) is 13.9 Å². The second-order valence-electron chi connectivity index (χ2n) is 6.22. The number of halogens is 3. The van der Waals surface area contributed by atoms with E-state index in [1.807, 2.05) is 18.2 Å². The molecule has 2 radical (unpaired) electrons. The second kappa shape index (κ2) is 5.81. The number of ether oxygens (including phenoxy) is 1. The molecular formula is C19H13BF3NO. The first kappa shape index (κ1) is 16.0. The minimum atomic E-state index is -1.24. The van der Waals surface area contributed by atoms with E-state index in [4.69, 9.17) is 18.3 Å². The van der Waals surface area contributed by atoms with E-state index >= 15 is 0 Å². The molecule has 2 atom stereocenters. The van der Waals surface area contributed by atoms with E-state index in [-0.39, 0.29) is 5.56 Å². The molecule has 2 N–H and O–H groups in total. The number of hydrogen-bond donors (Lipinski definition) is 1. The minimum Gasteiger partial charge on any atom is -0.484 e. The lowest BCUT2D eigenvalue weighted by molar-refractivity contribution is 0.149. The Kier molecular flexibility index (Phi) is 3.72. The summed E-state index contributed by atoms with van der Waals surface area (Å²) in [4.78, 5) is 0. The summed E-state index contributed by atoms with van der Waals surface area (Å²) >= 11 is 0. The molecule has 124 valence electrons. The van der Waals surface area contributed by atoms with Crippen molar-refractivity contribution >= 4 is 24.1 Å². The van der Waals surface area contributed by atoms with Crippen molar-refractivity contribution in [1.29, 1.82) is 0 Å². The van der Waals surface area contributed by atoms with Crippen molar-refractivity contribution in [3.05, 3.63) is 71.0 Å². The van der Waals surface area contributed by atoms with E-state index < -0.39 is 29.6 Å². The lowest BCUT2D eigenvalue weighted by atomic mass is 9.87. The van der Waals surface area contributed by atoms with Crippen LogP contribution in [0.1, 0.15) is 17.2 Å². The zero-order chi connectivity index (χ0) is 17.7. The predicted octanol–water partition coefficient (Wildman–Crippen LogP) is 3.05. The smallest absolute Gasteiger partial charge is 0.161 e. The van der Waals surface area contributed by atoms with Crippen LogP contribution in [0.5, 0.6) is 5.75 Å². The molecule has 3 aromatic rings. The van der Waals surface area contributed by atoms with Gasteiger partial charge >= 0.3 is 0 Å². The van der Waals surface area contributed by atoms with Gasteiger partial charge in [0.1, 0.15) is 25.5 Å². The van der Waals surface area contributed by atoms with E-state index in [1.54, 1.807) is 12.1 Å². The molecule has 0 saturated carbocycles. The van der Waals surface area contributed by atoms with Gasteiger partial charge in [-0.05, 0) is 29.3 Å². The first-order chi connectivity index (χ1) is 11.9. The molecular weight excluding hydrogens is 326 g/mol. The molecule has 1 aliphatic rings. The van der Waals surface area contributed by atoms with Crippen LogP contribution >= 0.6 is 0 Å². The normalized spacial score (nSPS) is 19.5. The van der Waals surface area contributed by atoms with Gasteiger partial charge in [-0.2, -0.15) is 0 Å². The Bertz CT molecular complexity index is 992. The highest BCUT2D eigenvalue weighted by atomic mass is 19.2. The number of hydrogen-bond acceptors (Lipinski definition) is 2. The predicted molar refractivity (Wildman–Crippen MR) is 90.7 cm³/mol. The number of benzene rings is 3. The monoisotopic (exact) mass is 339 g/mol. The molecule has 2 nitrogen and oxygen atoms in total. The molecule has 0 amide bonds. The maximum atomic E-state index is 14.1. The summed E-state index contributed by atoms with van der Waals surface area (Å²) in [5.74, 6) is -2.72. The van der Waals surface area contributed by atoms with Crippen LogP contribution in [0.3, 0.4) is 0 Å². The van der Waals surface area contributed by atoms with Crippen molar-refractivity contribution in [2.45, 2.75) is 18.6 Å². The van der Waals surface area contributed by atoms with Crippen molar-refractivity contribution in [3.8, 4) is 5.75 Å². The highest BCUT2D eigenvalue weighted by Crippen LogP contribution is 2.39. The minimum absolute atomic E-state index is 0.0928. The quantitative estimate of drug-likeness (QED) is 0.546. The summed E-state index contributed by atoms with van der Waals surface area (Å²) in [7, 11) is 5.86. The van der Waals surface area contributed by atoms with E-state index in [0.29, 0.717) is 23.7 Å². The molecule has 1 heterocycles. The summed E-state index contributed by atoms with van der Waals surface area (Å²) in [6.45, 7) is 0. The van der Waals surface area contributed by atoms with Crippen LogP contribution in [0.15, 0.2) is 42.5 Å². The molecule has 0 saturated heterocycles. The van der Waals surface area contributed by atoms with Crippen LogP contribution in [0.25, 0.3) is 10.8 Å². The molecule has 0 bridgehead atoms. The highest BCUT2D eigenvalue weighted by molar-refractivity contribution is 6.33. The van der Waals surface area contributed by atoms with E-state index in [9.17, 15) is 13.2 Å². The Morgan fingerprint density at radius 2 is 1.68 bits per heavy atom. The molecule has 0 unspecified atom stereocenters. The fourth-order valence-corrected chi connectivity index (χ4v) is 3.32. The Labute approximate surface area is 143 Å². The van der Waals surface area contributed by atoms with Crippen LogP contribution in [0.2, 0.25) is 0 Å². The van der Waals surface area contributed by atoms with Gasteiger partial charge in [-0.3, -0.25) is 0 Å². The largest absolute Gasteiger partial charge is 0.484 e. The van der Waals surface area contributed by atoms with E-state index in [2.05, 4.69) is 0 Å². The van der Waals surface area contributed by atoms with Crippen molar-refractivity contribution in [3.63, 3.8) is 0 Å². The Morgan fingerprint density at radius 1 is 0.960 bits per heavy atom. The molecule has 4 rings (SSSR count). The average Bonchev–Trinajstić information content (AvgIpc) is 2.58. The lowest BCUT2D eigenvalue weighted by Gasteiger charge is -2.32. The summed E-state index contributed by atoms with van der Waals surface area (Å²) in [5, 5.41) is 1.90. The van der Waals surface area contributed by atoms with Crippen molar-refractivity contribution in [1.82, 2.24) is 0 Å². The van der Waals surface area contributed by atoms with Crippen LogP contribution < -0.4 is 15.9 Å². The van der Waals surface area contributed by atoms with Crippen LogP contribution in [0, 0.1) is 17.5 Å². The maximum absolute atomic E-state index is 14.1. The molecule has 0 spiro atoms. The van der Waals surface area contributed by atoms with Gasteiger partial charge < -0.3 is 10.5 Å². The average molecular weight is 339 g/mol. The molecule has 3 aromatic carbocycles. The maximum Gasteiger partial charge on any atom is 0.161 e. The van der Waals surface area contributed by atoms with Gasteiger partial charge in [0.15, 0.2) is 11.6 Å². The lowest BCUT2D eigenvalue weighted by Crippen LogP contribution is -2.38. The molecule has 1 aliphatic heterocycles. The number of rotatable bonds is 1. The van der Waals surface area contributed by atoms with Gasteiger partial charge in [0.2, 0.25) is 0 Å². The fourth-order valence-electron chi connectivity index (χ4n) is 3.32. The summed E-state index contributed by atoms with van der Waals surface area (Å²) in [6.07, 6.45) is -0.500. The van der Waals surface area contributed by atoms with Gasteiger partial charge in [-0.15, -0.1) is 0 Å². The standard InChI is InChI=1S/C19H13BF3NO/c20-10-3-1-9-2-4-18-12(11(9)5-10)7-17(24)19(25-18)13-6-15(22)16(23)8-14(13)21/h1-6,8,17,19H,7,24H2/t17-,19+/m0/s1. The zero-order valence-corrected chi connectivity index (χ0v) is 13.1. The molecule has 6 heteroatoms. The van der Waals surface area contributed by atoms with Gasteiger partial charge in [-0.1, -0.05) is 29.7 Å². The fraction of sp³-hybridized carbons (Fsp3) is 0.158. The Balaban J connectivity index is 1.81. The third-order valence-electron chi connectivity index (χ3n) is 4.54. The van der Waals surface area contributed by atoms with Gasteiger partial charge in [0, 0.05) is 17.2 Å². The van der Waals surface area contributed by atoms with Gasteiger partial charge in [-0.25, -0.2) is 13.2 Å². The summed E-state index contributed by atoms with van der Waals surface area (Å²) < 4.78 is 46.7. The molecule has 0 aromatic heterocycles. The van der Waals surface area contributed by atoms with Gasteiger partial charge in [0.05, 0.1) is 6.04 Å². The van der Waals surface area contributed by atoms with E-state index in [1.165, 1.54) is 0 Å². The highest BCUT2D eigenvalue weighted by Gasteiger charge is 2.32. The Hall–Kier alpha value is -2.47. The SMILES string of the molecule is [B]c1ccc2ccc3c(c2c1)C[C@H](N)[C@@H](c1cc(F)c(F)cc1F)O3. The van der Waals surface area contributed by atoms with Crippen molar-refractivity contribution < 1.29 is 17.9 Å². The molecule has 25 heavy (non-hydrogen) atoms. The first-order valence-electron chi connectivity index (χ1n) is 7.82. The first-order valence-corrected chi connectivity index (χ1v) is 7.82. The molecule has 0 fully saturated rings. The third kappa shape index (κ3) is 2.66.